The highest BCUT2D eigenvalue weighted by Gasteiger charge is 2.04. The number of hydrazine groups is 1. The van der Waals surface area contributed by atoms with Crippen molar-refractivity contribution in [2.45, 2.75) is 6.42 Å². The van der Waals surface area contributed by atoms with Crippen LogP contribution >= 0.6 is 0 Å². The second kappa shape index (κ2) is 6.50. The summed E-state index contributed by atoms with van der Waals surface area (Å²) in [6, 6.07) is 20.5. The van der Waals surface area contributed by atoms with Crippen LogP contribution in [-0.2, 0) is 0 Å². The van der Waals surface area contributed by atoms with Crippen LogP contribution in [0.25, 0.3) is 0 Å². The van der Waals surface area contributed by atoms with E-state index < -0.39 is 0 Å². The van der Waals surface area contributed by atoms with E-state index in [4.69, 9.17) is 0 Å². The molecule has 0 radical (unpaired) electrons. The minimum atomic E-state index is 0.891. The van der Waals surface area contributed by atoms with Gasteiger partial charge in [0.05, 0.1) is 11.4 Å². The van der Waals surface area contributed by atoms with Gasteiger partial charge in [-0.05, 0) is 30.7 Å². The van der Waals surface area contributed by atoms with Crippen molar-refractivity contribution in [2.75, 3.05) is 17.0 Å². The quantitative estimate of drug-likeness (QED) is 0.602. The molecular formula is C16H18N2. The molecule has 1 N–H and O–H groups in total. The summed E-state index contributed by atoms with van der Waals surface area (Å²) in [6.07, 6.45) is 2.87. The lowest BCUT2D eigenvalue weighted by Gasteiger charge is -2.26. The zero-order valence-corrected chi connectivity index (χ0v) is 10.4. The Labute approximate surface area is 109 Å². The van der Waals surface area contributed by atoms with E-state index >= 15 is 0 Å². The second-order valence-corrected chi connectivity index (χ2v) is 4.04. The first-order valence-electron chi connectivity index (χ1n) is 6.15. The monoisotopic (exact) mass is 238 g/mol. The SMILES string of the molecule is C=CCCN(Nc1ccccc1)c1ccccc1. The van der Waals surface area contributed by atoms with Crippen molar-refractivity contribution >= 4 is 11.4 Å². The molecule has 0 saturated heterocycles. The summed E-state index contributed by atoms with van der Waals surface area (Å²) in [7, 11) is 0. The Morgan fingerprint density at radius 1 is 0.944 bits per heavy atom. The predicted molar refractivity (Wildman–Crippen MR) is 78.7 cm³/mol. The summed E-state index contributed by atoms with van der Waals surface area (Å²) in [4.78, 5) is 0. The van der Waals surface area contributed by atoms with Gasteiger partial charge in [-0.3, -0.25) is 10.4 Å². The van der Waals surface area contributed by atoms with Crippen molar-refractivity contribution in [3.05, 3.63) is 73.3 Å². The first kappa shape index (κ1) is 12.2. The lowest BCUT2D eigenvalue weighted by molar-refractivity contribution is 0.886. The van der Waals surface area contributed by atoms with Gasteiger partial charge in [-0.2, -0.15) is 0 Å². The molecular weight excluding hydrogens is 220 g/mol. The molecule has 2 aromatic rings. The normalized spacial score (nSPS) is 9.78. The van der Waals surface area contributed by atoms with Gasteiger partial charge in [-0.25, -0.2) is 0 Å². The largest absolute Gasteiger partial charge is 0.298 e. The molecule has 0 aliphatic carbocycles. The maximum Gasteiger partial charge on any atom is 0.0572 e. The van der Waals surface area contributed by atoms with E-state index in [-0.39, 0.29) is 0 Å². The van der Waals surface area contributed by atoms with Crippen LogP contribution in [0, 0.1) is 0 Å². The fraction of sp³-hybridized carbons (Fsp3) is 0.125. The maximum atomic E-state index is 3.78. The summed E-state index contributed by atoms with van der Waals surface area (Å²) in [5, 5.41) is 2.14. The van der Waals surface area contributed by atoms with Crippen LogP contribution in [0.2, 0.25) is 0 Å². The predicted octanol–water partition coefficient (Wildman–Crippen LogP) is 4.10. The van der Waals surface area contributed by atoms with Gasteiger partial charge in [0.25, 0.3) is 0 Å². The fourth-order valence-electron chi connectivity index (χ4n) is 1.75. The lowest BCUT2D eigenvalue weighted by atomic mass is 10.3. The first-order chi connectivity index (χ1) is 8.90. The van der Waals surface area contributed by atoms with E-state index in [1.165, 1.54) is 0 Å². The van der Waals surface area contributed by atoms with Crippen molar-refractivity contribution in [1.82, 2.24) is 0 Å². The topological polar surface area (TPSA) is 15.3 Å². The summed E-state index contributed by atoms with van der Waals surface area (Å²) in [6.45, 7) is 4.67. The van der Waals surface area contributed by atoms with E-state index in [9.17, 15) is 0 Å². The number of nitrogens with zero attached hydrogens (tertiary/aromatic N) is 1. The third-order valence-electron chi connectivity index (χ3n) is 2.66. The van der Waals surface area contributed by atoms with Gasteiger partial charge in [-0.1, -0.05) is 42.5 Å². The van der Waals surface area contributed by atoms with Gasteiger partial charge in [0, 0.05) is 6.54 Å². The van der Waals surface area contributed by atoms with E-state index in [1.807, 2.05) is 42.5 Å². The van der Waals surface area contributed by atoms with Crippen LogP contribution < -0.4 is 10.4 Å². The number of nitrogens with one attached hydrogen (secondary N) is 1. The molecule has 0 heterocycles. The Morgan fingerprint density at radius 2 is 1.56 bits per heavy atom. The molecule has 0 amide bonds. The molecule has 0 atom stereocenters. The van der Waals surface area contributed by atoms with E-state index in [2.05, 4.69) is 41.3 Å². The first-order valence-corrected chi connectivity index (χ1v) is 6.15. The Balaban J connectivity index is 2.13. The summed E-state index contributed by atoms with van der Waals surface area (Å²) in [5.41, 5.74) is 5.66. The zero-order chi connectivity index (χ0) is 12.6. The van der Waals surface area contributed by atoms with Gasteiger partial charge < -0.3 is 0 Å². The molecule has 18 heavy (non-hydrogen) atoms. The average molecular weight is 238 g/mol. The molecule has 0 aliphatic rings. The zero-order valence-electron chi connectivity index (χ0n) is 10.4. The highest BCUT2D eigenvalue weighted by Crippen LogP contribution is 2.16. The molecule has 0 spiro atoms. The second-order valence-electron chi connectivity index (χ2n) is 4.04. The average Bonchev–Trinajstić information content (AvgIpc) is 2.45. The van der Waals surface area contributed by atoms with Crippen LogP contribution in [0.15, 0.2) is 73.3 Å². The molecule has 2 nitrogen and oxygen atoms in total. The molecule has 0 bridgehead atoms. The van der Waals surface area contributed by atoms with Crippen molar-refractivity contribution in [3.63, 3.8) is 0 Å². The van der Waals surface area contributed by atoms with Crippen LogP contribution in [-0.4, -0.2) is 6.54 Å². The Hall–Kier alpha value is -2.22. The highest BCUT2D eigenvalue weighted by atomic mass is 15.5. The summed E-state index contributed by atoms with van der Waals surface area (Å²) >= 11 is 0. The molecule has 2 rings (SSSR count). The molecule has 0 aliphatic heterocycles. The van der Waals surface area contributed by atoms with E-state index in [0.29, 0.717) is 0 Å². The van der Waals surface area contributed by atoms with Crippen LogP contribution in [0.3, 0.4) is 0 Å². The summed E-state index contributed by atoms with van der Waals surface area (Å²) < 4.78 is 0. The Morgan fingerprint density at radius 3 is 2.17 bits per heavy atom. The molecule has 2 aromatic carbocycles. The standard InChI is InChI=1S/C16H18N2/c1-2-3-14-18(16-12-8-5-9-13-16)17-15-10-6-4-7-11-15/h2,4-13,17H,1,3,14H2. The number of hydrogen-bond donors (Lipinski definition) is 1. The van der Waals surface area contributed by atoms with Crippen LogP contribution in [0.1, 0.15) is 6.42 Å². The van der Waals surface area contributed by atoms with E-state index in [1.54, 1.807) is 0 Å². The molecule has 92 valence electrons. The molecule has 0 fully saturated rings. The molecule has 0 aromatic heterocycles. The molecule has 0 saturated carbocycles. The number of rotatable bonds is 6. The molecule has 0 unspecified atom stereocenters. The van der Waals surface area contributed by atoms with Gasteiger partial charge in [0.15, 0.2) is 0 Å². The summed E-state index contributed by atoms with van der Waals surface area (Å²) in [5.74, 6) is 0. The number of benzene rings is 2. The van der Waals surface area contributed by atoms with Crippen molar-refractivity contribution < 1.29 is 0 Å². The number of hydrogen-bond acceptors (Lipinski definition) is 2. The van der Waals surface area contributed by atoms with Gasteiger partial charge in [-0.15, -0.1) is 6.58 Å². The van der Waals surface area contributed by atoms with Gasteiger partial charge in [0.1, 0.15) is 0 Å². The minimum Gasteiger partial charge on any atom is -0.298 e. The minimum absolute atomic E-state index is 0.891. The van der Waals surface area contributed by atoms with Crippen molar-refractivity contribution in [2.24, 2.45) is 0 Å². The van der Waals surface area contributed by atoms with Crippen molar-refractivity contribution in [1.29, 1.82) is 0 Å². The number of anilines is 2. The maximum absolute atomic E-state index is 3.78. The fourth-order valence-corrected chi connectivity index (χ4v) is 1.75. The van der Waals surface area contributed by atoms with Gasteiger partial charge >= 0.3 is 0 Å². The lowest BCUT2D eigenvalue weighted by Crippen LogP contribution is -2.30. The third-order valence-corrected chi connectivity index (χ3v) is 2.66. The smallest absolute Gasteiger partial charge is 0.0572 e. The van der Waals surface area contributed by atoms with E-state index in [0.717, 1.165) is 24.3 Å². The number of para-hydroxylation sites is 2. The third kappa shape index (κ3) is 3.39. The molecule has 2 heteroatoms. The van der Waals surface area contributed by atoms with Gasteiger partial charge in [0.2, 0.25) is 0 Å². The van der Waals surface area contributed by atoms with Crippen LogP contribution in [0.4, 0.5) is 11.4 Å². The van der Waals surface area contributed by atoms with Crippen LogP contribution in [0.5, 0.6) is 0 Å². The Kier molecular flexibility index (Phi) is 4.42. The highest BCUT2D eigenvalue weighted by molar-refractivity contribution is 5.54. The Bertz CT molecular complexity index is 465. The van der Waals surface area contributed by atoms with Crippen molar-refractivity contribution in [3.8, 4) is 0 Å².